The zero-order valence-electron chi connectivity index (χ0n) is 18.6. The summed E-state index contributed by atoms with van der Waals surface area (Å²) in [7, 11) is -2.35. The molecule has 4 atom stereocenters. The molecule has 3 aromatic rings. The third kappa shape index (κ3) is 3.22. The van der Waals surface area contributed by atoms with Gasteiger partial charge in [0.1, 0.15) is 17.4 Å². The number of aliphatic hydroxyl groups is 1. The maximum absolute atomic E-state index is 14.2. The molecule has 8 nitrogen and oxygen atoms in total. The second-order valence-electron chi connectivity index (χ2n) is 8.62. The van der Waals surface area contributed by atoms with E-state index in [2.05, 4.69) is 4.98 Å². The van der Waals surface area contributed by atoms with Gasteiger partial charge in [0.25, 0.3) is 0 Å². The van der Waals surface area contributed by atoms with Crippen LogP contribution in [0.25, 0.3) is 0 Å². The van der Waals surface area contributed by atoms with Crippen LogP contribution in [-0.2, 0) is 35.4 Å². The Bertz CT molecular complexity index is 1460. The maximum atomic E-state index is 14.2. The van der Waals surface area contributed by atoms with E-state index in [1.54, 1.807) is 30.3 Å². The molecule has 2 heterocycles. The maximum Gasteiger partial charge on any atom is 0.313 e. The van der Waals surface area contributed by atoms with Crippen LogP contribution in [0.15, 0.2) is 71.8 Å². The number of Topliss-reactive ketones (excluding diaryl/α,β-unsaturated/α-hetero) is 1. The van der Waals surface area contributed by atoms with Gasteiger partial charge in [0.2, 0.25) is 11.4 Å². The normalized spacial score (nSPS) is 27.1. The van der Waals surface area contributed by atoms with Gasteiger partial charge in [-0.2, -0.15) is 0 Å². The largest absolute Gasteiger partial charge is 0.472 e. The fourth-order valence-electron chi connectivity index (χ4n) is 5.20. The molecule has 2 bridgehead atoms. The van der Waals surface area contributed by atoms with Gasteiger partial charge < -0.3 is 14.6 Å². The smallest absolute Gasteiger partial charge is 0.313 e. The van der Waals surface area contributed by atoms with Crippen LogP contribution < -0.4 is 4.74 Å². The highest BCUT2D eigenvalue weighted by atomic mass is 35.5. The fourth-order valence-corrected chi connectivity index (χ4v) is 5.98. The number of rotatable bonds is 4. The summed E-state index contributed by atoms with van der Waals surface area (Å²) in [5.41, 5.74) is -3.62. The molecule has 3 unspecified atom stereocenters. The van der Waals surface area contributed by atoms with Crippen molar-refractivity contribution in [3.05, 3.63) is 88.7 Å². The zero-order chi connectivity index (χ0) is 25.2. The molecule has 10 heteroatoms. The van der Waals surface area contributed by atoms with Crippen molar-refractivity contribution in [1.29, 1.82) is 0 Å². The molecule has 0 saturated heterocycles. The van der Waals surface area contributed by atoms with Gasteiger partial charge in [-0.25, -0.2) is 8.42 Å². The lowest BCUT2D eigenvalue weighted by atomic mass is 9.75. The minimum absolute atomic E-state index is 0.0409. The average Bonchev–Trinajstić information content (AvgIpc) is 2.97. The van der Waals surface area contributed by atoms with E-state index >= 15 is 0 Å². The average molecular weight is 514 g/mol. The molecule has 180 valence electrons. The Morgan fingerprint density at radius 1 is 1.14 bits per heavy atom. The molecule has 1 saturated carbocycles. The van der Waals surface area contributed by atoms with Gasteiger partial charge in [0, 0.05) is 24.1 Å². The third-order valence-electron chi connectivity index (χ3n) is 6.68. The van der Waals surface area contributed by atoms with E-state index in [0.717, 1.165) is 6.26 Å². The molecule has 0 spiro atoms. The highest BCUT2D eigenvalue weighted by Gasteiger charge is 2.77. The molecule has 1 aromatic heterocycles. The second-order valence-corrected chi connectivity index (χ2v) is 11.1. The first-order chi connectivity index (χ1) is 16.5. The molecular formula is C25H20ClNO7S. The van der Waals surface area contributed by atoms with Gasteiger partial charge in [-0.1, -0.05) is 54.1 Å². The second kappa shape index (κ2) is 7.87. The Balaban J connectivity index is 1.86. The zero-order valence-corrected chi connectivity index (χ0v) is 20.2. The van der Waals surface area contributed by atoms with Gasteiger partial charge in [-0.3, -0.25) is 14.6 Å². The number of carbonyl (C=O) groups excluding carboxylic acids is 2. The minimum atomic E-state index is -3.52. The molecular weight excluding hydrogens is 494 g/mol. The first-order valence-corrected chi connectivity index (χ1v) is 12.9. The van der Waals surface area contributed by atoms with Crippen LogP contribution in [0.2, 0.25) is 5.02 Å². The standard InChI is InChI=1S/C25H20ClNO7S/c1-33-22(28)20-19(14-6-4-3-5-7-14)25(15-8-10-17(11-9-15)35(2,31)32)23(29)24(20,30)21-18(34-25)12-16(26)13-27-21/h3-13,19-20,30H,1-2H3/t19?,20?,24-,25?/m1/s1. The van der Waals surface area contributed by atoms with E-state index < -0.39 is 44.6 Å². The summed E-state index contributed by atoms with van der Waals surface area (Å²) in [4.78, 5) is 31.6. The predicted molar refractivity (Wildman–Crippen MR) is 125 cm³/mol. The van der Waals surface area contributed by atoms with Gasteiger partial charge in [-0.15, -0.1) is 0 Å². The number of carbonyl (C=O) groups is 2. The van der Waals surface area contributed by atoms with E-state index in [4.69, 9.17) is 21.1 Å². The number of pyridine rings is 1. The number of ketones is 1. The number of esters is 1. The minimum Gasteiger partial charge on any atom is -0.472 e. The van der Waals surface area contributed by atoms with Crippen LogP contribution in [-0.4, -0.2) is 43.6 Å². The van der Waals surface area contributed by atoms with Crippen LogP contribution in [0.1, 0.15) is 22.7 Å². The molecule has 1 fully saturated rings. The van der Waals surface area contributed by atoms with E-state index in [-0.39, 0.29) is 26.9 Å². The summed E-state index contributed by atoms with van der Waals surface area (Å²) in [5, 5.41) is 12.2. The summed E-state index contributed by atoms with van der Waals surface area (Å²) in [6.07, 6.45) is 2.33. The molecule has 0 radical (unpaired) electrons. The number of nitrogens with zero attached hydrogens (tertiary/aromatic N) is 1. The highest BCUT2D eigenvalue weighted by Crippen LogP contribution is 2.64. The summed E-state index contributed by atoms with van der Waals surface area (Å²) >= 11 is 6.15. The van der Waals surface area contributed by atoms with Crippen molar-refractivity contribution in [2.45, 2.75) is 22.0 Å². The van der Waals surface area contributed by atoms with Gasteiger partial charge in [-0.05, 0) is 17.7 Å². The fraction of sp³-hybridized carbons (Fsp3) is 0.240. The van der Waals surface area contributed by atoms with Crippen molar-refractivity contribution in [3.63, 3.8) is 0 Å². The first kappa shape index (κ1) is 23.5. The first-order valence-electron chi connectivity index (χ1n) is 10.6. The Kier molecular flexibility index (Phi) is 5.28. The molecule has 2 aromatic carbocycles. The number of methoxy groups -OCH3 is 1. The van der Waals surface area contributed by atoms with Crippen LogP contribution in [0, 0.1) is 5.92 Å². The highest BCUT2D eigenvalue weighted by molar-refractivity contribution is 7.90. The van der Waals surface area contributed by atoms with Crippen molar-refractivity contribution >= 4 is 33.2 Å². The topological polar surface area (TPSA) is 120 Å². The molecule has 1 aliphatic heterocycles. The van der Waals surface area contributed by atoms with E-state index in [1.165, 1.54) is 43.6 Å². The summed E-state index contributed by atoms with van der Waals surface area (Å²) < 4.78 is 35.5. The summed E-state index contributed by atoms with van der Waals surface area (Å²) in [6, 6.07) is 15.7. The number of ether oxygens (including phenoxy) is 2. The van der Waals surface area contributed by atoms with Crippen molar-refractivity contribution in [2.75, 3.05) is 13.4 Å². The Labute approximate surface area is 206 Å². The van der Waals surface area contributed by atoms with Gasteiger partial charge >= 0.3 is 5.97 Å². The number of halogens is 1. The Hall–Kier alpha value is -3.27. The number of benzene rings is 2. The molecule has 1 aliphatic carbocycles. The number of fused-ring (bicyclic) bond motifs is 4. The Morgan fingerprint density at radius 2 is 1.80 bits per heavy atom. The molecule has 2 aliphatic rings. The van der Waals surface area contributed by atoms with Crippen LogP contribution in [0.4, 0.5) is 0 Å². The number of hydrogen-bond donors (Lipinski definition) is 1. The Morgan fingerprint density at radius 3 is 2.40 bits per heavy atom. The van der Waals surface area contributed by atoms with Crippen LogP contribution >= 0.6 is 11.6 Å². The predicted octanol–water partition coefficient (Wildman–Crippen LogP) is 2.77. The summed E-state index contributed by atoms with van der Waals surface area (Å²) in [5.74, 6) is -4.03. The quantitative estimate of drug-likeness (QED) is 0.529. The van der Waals surface area contributed by atoms with Gasteiger partial charge in [0.05, 0.1) is 22.9 Å². The lowest BCUT2D eigenvalue weighted by molar-refractivity contribution is -0.163. The molecule has 35 heavy (non-hydrogen) atoms. The van der Waals surface area contributed by atoms with Crippen molar-refractivity contribution < 1.29 is 32.6 Å². The number of aromatic nitrogens is 1. The molecule has 0 amide bonds. The van der Waals surface area contributed by atoms with Crippen LogP contribution in [0.5, 0.6) is 5.75 Å². The number of hydrogen-bond acceptors (Lipinski definition) is 8. The summed E-state index contributed by atoms with van der Waals surface area (Å²) in [6.45, 7) is 0. The van der Waals surface area contributed by atoms with Gasteiger partial charge in [0.15, 0.2) is 15.4 Å². The lowest BCUT2D eigenvalue weighted by Crippen LogP contribution is -2.51. The number of sulfone groups is 1. The van der Waals surface area contributed by atoms with E-state index in [1.807, 2.05) is 0 Å². The third-order valence-corrected chi connectivity index (χ3v) is 8.02. The van der Waals surface area contributed by atoms with Crippen LogP contribution in [0.3, 0.4) is 0 Å². The van der Waals surface area contributed by atoms with Crippen molar-refractivity contribution in [2.24, 2.45) is 5.92 Å². The van der Waals surface area contributed by atoms with Crippen molar-refractivity contribution in [3.8, 4) is 5.75 Å². The lowest BCUT2D eigenvalue weighted by Gasteiger charge is -2.38. The molecule has 5 rings (SSSR count). The van der Waals surface area contributed by atoms with Crippen molar-refractivity contribution in [1.82, 2.24) is 4.98 Å². The molecule has 1 N–H and O–H groups in total. The van der Waals surface area contributed by atoms with E-state index in [0.29, 0.717) is 5.56 Å². The SMILES string of the molecule is COC(=O)C1C(c2ccccc2)C2(c3ccc(S(C)(=O)=O)cc3)Oc3cc(Cl)cnc3[C@@]1(O)C2=O. The monoisotopic (exact) mass is 513 g/mol. The van der Waals surface area contributed by atoms with E-state index in [9.17, 15) is 23.1 Å².